The van der Waals surface area contributed by atoms with Gasteiger partial charge in [0.25, 0.3) is 5.91 Å². The van der Waals surface area contributed by atoms with Crippen LogP contribution in [0.25, 0.3) is 0 Å². The normalized spacial score (nSPS) is 11.5. The molecule has 0 spiro atoms. The van der Waals surface area contributed by atoms with Crippen molar-refractivity contribution in [2.75, 3.05) is 6.26 Å². The zero-order chi connectivity index (χ0) is 16.3. The lowest BCUT2D eigenvalue weighted by molar-refractivity contribution is -0.134. The van der Waals surface area contributed by atoms with Gasteiger partial charge in [0, 0.05) is 11.4 Å². The smallest absolute Gasteiger partial charge is 0.347 e. The molecule has 1 N–H and O–H groups in total. The number of thioether (sulfide) groups is 1. The predicted molar refractivity (Wildman–Crippen MR) is 81.2 cm³/mol. The molecule has 1 amide bonds. The van der Waals surface area contributed by atoms with Gasteiger partial charge < -0.3 is 5.32 Å². The molecule has 0 bridgehead atoms. The summed E-state index contributed by atoms with van der Waals surface area (Å²) in [5.41, 5.74) is 2.39. The molecule has 0 saturated carbocycles. The van der Waals surface area contributed by atoms with Gasteiger partial charge >= 0.3 is 6.18 Å². The minimum Gasteiger partial charge on any atom is -0.347 e. The van der Waals surface area contributed by atoms with Crippen molar-refractivity contribution in [3.63, 3.8) is 0 Å². The Hall–Kier alpha value is -1.54. The standard InChI is InChI=1S/C14H13F3N2OS2/c1-8-3-4-9(10(5-8)21-2)6-18-13(20)11-12(14(15,16)17)22-7-19-11/h3-5,7H,6H2,1-2H3,(H,18,20). The average Bonchev–Trinajstić information content (AvgIpc) is 2.95. The molecule has 118 valence electrons. The molecule has 0 aliphatic carbocycles. The fourth-order valence-electron chi connectivity index (χ4n) is 1.87. The third kappa shape index (κ3) is 3.80. The fourth-order valence-corrected chi connectivity index (χ4v) is 3.23. The van der Waals surface area contributed by atoms with E-state index >= 15 is 0 Å². The first-order valence-corrected chi connectivity index (χ1v) is 8.35. The van der Waals surface area contributed by atoms with Crippen LogP contribution in [-0.2, 0) is 12.7 Å². The Morgan fingerprint density at radius 1 is 1.41 bits per heavy atom. The number of hydrogen-bond acceptors (Lipinski definition) is 4. The van der Waals surface area contributed by atoms with Crippen molar-refractivity contribution in [3.8, 4) is 0 Å². The van der Waals surface area contributed by atoms with Crippen molar-refractivity contribution in [2.24, 2.45) is 0 Å². The largest absolute Gasteiger partial charge is 0.427 e. The van der Waals surface area contributed by atoms with Crippen LogP contribution < -0.4 is 5.32 Å². The number of nitrogens with one attached hydrogen (secondary N) is 1. The summed E-state index contributed by atoms with van der Waals surface area (Å²) in [5.74, 6) is -0.818. The van der Waals surface area contributed by atoms with Crippen LogP contribution in [0.2, 0.25) is 0 Å². The molecule has 1 aromatic heterocycles. The Bertz CT molecular complexity index is 683. The number of carbonyl (C=O) groups excluding carboxylic acids is 1. The maximum atomic E-state index is 12.8. The van der Waals surface area contributed by atoms with Gasteiger partial charge in [-0.25, -0.2) is 4.98 Å². The summed E-state index contributed by atoms with van der Waals surface area (Å²) in [6.45, 7) is 2.11. The Balaban J connectivity index is 2.13. The molecule has 2 rings (SSSR count). The zero-order valence-corrected chi connectivity index (χ0v) is 13.5. The van der Waals surface area contributed by atoms with Crippen molar-refractivity contribution in [3.05, 3.63) is 45.4 Å². The third-order valence-electron chi connectivity index (χ3n) is 2.92. The molecule has 0 saturated heterocycles. The number of carbonyl (C=O) groups is 1. The second-order valence-corrected chi connectivity index (χ2v) is 6.23. The molecule has 8 heteroatoms. The number of benzene rings is 1. The summed E-state index contributed by atoms with van der Waals surface area (Å²) < 4.78 is 38.3. The number of nitrogens with zero attached hydrogens (tertiary/aromatic N) is 1. The van der Waals surface area contributed by atoms with E-state index < -0.39 is 22.7 Å². The lowest BCUT2D eigenvalue weighted by atomic mass is 10.1. The van der Waals surface area contributed by atoms with E-state index in [9.17, 15) is 18.0 Å². The molecule has 22 heavy (non-hydrogen) atoms. The Morgan fingerprint density at radius 3 is 2.77 bits per heavy atom. The van der Waals surface area contributed by atoms with E-state index in [0.29, 0.717) is 11.3 Å². The second kappa shape index (κ2) is 6.70. The van der Waals surface area contributed by atoms with Crippen molar-refractivity contribution in [1.82, 2.24) is 10.3 Å². The van der Waals surface area contributed by atoms with Crippen LogP contribution in [-0.4, -0.2) is 17.1 Å². The highest BCUT2D eigenvalue weighted by Crippen LogP contribution is 2.34. The molecule has 0 fully saturated rings. The van der Waals surface area contributed by atoms with Crippen LogP contribution >= 0.6 is 23.1 Å². The van der Waals surface area contributed by atoms with E-state index in [4.69, 9.17) is 0 Å². The Kier molecular flexibility index (Phi) is 5.12. The van der Waals surface area contributed by atoms with E-state index in [1.54, 1.807) is 0 Å². The maximum Gasteiger partial charge on any atom is 0.427 e. The van der Waals surface area contributed by atoms with Crippen LogP contribution in [0.4, 0.5) is 13.2 Å². The number of hydrogen-bond donors (Lipinski definition) is 1. The average molecular weight is 346 g/mol. The minimum absolute atomic E-state index is 0.157. The highest BCUT2D eigenvalue weighted by Gasteiger charge is 2.37. The summed E-state index contributed by atoms with van der Waals surface area (Å²) >= 11 is 1.94. The van der Waals surface area contributed by atoms with Gasteiger partial charge in [0.2, 0.25) is 0 Å². The lowest BCUT2D eigenvalue weighted by Crippen LogP contribution is -2.25. The van der Waals surface area contributed by atoms with Crippen LogP contribution in [0.15, 0.2) is 28.6 Å². The van der Waals surface area contributed by atoms with Crippen LogP contribution in [0, 0.1) is 6.92 Å². The van der Waals surface area contributed by atoms with E-state index in [1.807, 2.05) is 31.4 Å². The Morgan fingerprint density at radius 2 is 2.14 bits per heavy atom. The molecule has 1 heterocycles. The number of amides is 1. The molecule has 2 aromatic rings. The van der Waals surface area contributed by atoms with Gasteiger partial charge in [0.1, 0.15) is 4.88 Å². The fraction of sp³-hybridized carbons (Fsp3) is 0.286. The summed E-state index contributed by atoms with van der Waals surface area (Å²) in [6.07, 6.45) is -2.66. The molecule has 0 radical (unpaired) electrons. The molecule has 0 aliphatic rings. The number of aryl methyl sites for hydroxylation is 1. The Labute approximate surface area is 134 Å². The highest BCUT2D eigenvalue weighted by molar-refractivity contribution is 7.98. The second-order valence-electron chi connectivity index (χ2n) is 4.53. The molecular weight excluding hydrogens is 333 g/mol. The summed E-state index contributed by atoms with van der Waals surface area (Å²) in [5, 5.41) is 2.50. The molecule has 0 atom stereocenters. The zero-order valence-electron chi connectivity index (χ0n) is 11.8. The van der Waals surface area contributed by atoms with E-state index in [2.05, 4.69) is 10.3 Å². The van der Waals surface area contributed by atoms with Gasteiger partial charge in [0.05, 0.1) is 5.51 Å². The van der Waals surface area contributed by atoms with Crippen molar-refractivity contribution in [1.29, 1.82) is 0 Å². The van der Waals surface area contributed by atoms with Crippen LogP contribution in [0.5, 0.6) is 0 Å². The maximum absolute atomic E-state index is 12.8. The first-order valence-electron chi connectivity index (χ1n) is 6.25. The summed E-state index contributed by atoms with van der Waals surface area (Å²) in [6, 6.07) is 5.72. The molecule has 0 aliphatic heterocycles. The van der Waals surface area contributed by atoms with Gasteiger partial charge in [-0.3, -0.25) is 4.79 Å². The van der Waals surface area contributed by atoms with Crippen molar-refractivity contribution < 1.29 is 18.0 Å². The van der Waals surface area contributed by atoms with E-state index in [-0.39, 0.29) is 6.54 Å². The lowest BCUT2D eigenvalue weighted by Gasteiger charge is -2.10. The number of halogens is 3. The first-order chi connectivity index (χ1) is 10.3. The van der Waals surface area contributed by atoms with Gasteiger partial charge in [-0.05, 0) is 30.4 Å². The number of rotatable bonds is 4. The topological polar surface area (TPSA) is 42.0 Å². The van der Waals surface area contributed by atoms with Gasteiger partial charge in [-0.15, -0.1) is 23.1 Å². The first kappa shape index (κ1) is 16.8. The monoisotopic (exact) mass is 346 g/mol. The van der Waals surface area contributed by atoms with Gasteiger partial charge in [-0.1, -0.05) is 12.1 Å². The molecular formula is C14H13F3N2OS2. The molecule has 3 nitrogen and oxygen atoms in total. The number of aromatic nitrogens is 1. The molecule has 1 aromatic carbocycles. The van der Waals surface area contributed by atoms with E-state index in [0.717, 1.165) is 21.5 Å². The highest BCUT2D eigenvalue weighted by atomic mass is 32.2. The van der Waals surface area contributed by atoms with Crippen molar-refractivity contribution >= 4 is 29.0 Å². The number of thiazole rings is 1. The quantitative estimate of drug-likeness (QED) is 0.847. The van der Waals surface area contributed by atoms with Gasteiger partial charge in [0.15, 0.2) is 5.69 Å². The van der Waals surface area contributed by atoms with E-state index in [1.165, 1.54) is 11.8 Å². The van der Waals surface area contributed by atoms with Crippen LogP contribution in [0.1, 0.15) is 26.5 Å². The summed E-state index contributed by atoms with van der Waals surface area (Å²) in [4.78, 5) is 15.5. The summed E-state index contributed by atoms with van der Waals surface area (Å²) in [7, 11) is 0. The van der Waals surface area contributed by atoms with Gasteiger partial charge in [-0.2, -0.15) is 13.2 Å². The predicted octanol–water partition coefficient (Wildman–Crippen LogP) is 4.12. The SMILES string of the molecule is CSc1cc(C)ccc1CNC(=O)c1ncsc1C(F)(F)F. The third-order valence-corrected chi connectivity index (χ3v) is 4.61. The number of alkyl halides is 3. The van der Waals surface area contributed by atoms with Crippen molar-refractivity contribution in [2.45, 2.75) is 24.5 Å². The molecule has 0 unspecified atom stereocenters. The minimum atomic E-state index is -4.57. The van der Waals surface area contributed by atoms with Crippen LogP contribution in [0.3, 0.4) is 0 Å².